The van der Waals surface area contributed by atoms with Crippen LogP contribution in [0.5, 0.6) is 0 Å². The molecular formula is C24H35NO5. The van der Waals surface area contributed by atoms with Crippen molar-refractivity contribution in [2.24, 2.45) is 29.1 Å². The second-order valence-corrected chi connectivity index (χ2v) is 9.78. The van der Waals surface area contributed by atoms with Crippen LogP contribution in [-0.4, -0.2) is 46.4 Å². The maximum atomic E-state index is 13.7. The molecular weight excluding hydrogens is 382 g/mol. The molecule has 0 bridgehead atoms. The summed E-state index contributed by atoms with van der Waals surface area (Å²) in [6.45, 7) is 7.97. The summed E-state index contributed by atoms with van der Waals surface area (Å²) >= 11 is 0. The highest BCUT2D eigenvalue weighted by Crippen LogP contribution is 2.55. The highest BCUT2D eigenvalue weighted by molar-refractivity contribution is 6.09. The zero-order valence-electron chi connectivity index (χ0n) is 18.5. The smallest absolute Gasteiger partial charge is 0.235 e. The summed E-state index contributed by atoms with van der Waals surface area (Å²) in [5, 5.41) is 23.4. The van der Waals surface area contributed by atoms with E-state index >= 15 is 0 Å². The number of carbonyl (C=O) groups excluding carboxylic acids is 3. The Kier molecular flexibility index (Phi) is 6.68. The first kappa shape index (κ1) is 22.9. The van der Waals surface area contributed by atoms with Crippen molar-refractivity contribution >= 4 is 17.5 Å². The molecule has 0 aromatic rings. The van der Waals surface area contributed by atoms with Crippen LogP contribution >= 0.6 is 0 Å². The van der Waals surface area contributed by atoms with E-state index in [0.717, 1.165) is 17.6 Å². The van der Waals surface area contributed by atoms with Gasteiger partial charge in [-0.2, -0.15) is 0 Å². The normalized spacial score (nSPS) is 39.4. The van der Waals surface area contributed by atoms with Gasteiger partial charge in [0.2, 0.25) is 5.91 Å². The van der Waals surface area contributed by atoms with Gasteiger partial charge in [-0.25, -0.2) is 0 Å². The molecule has 0 saturated carbocycles. The van der Waals surface area contributed by atoms with Crippen LogP contribution in [-0.2, 0) is 14.4 Å². The fourth-order valence-electron chi connectivity index (χ4n) is 5.81. The van der Waals surface area contributed by atoms with E-state index in [1.54, 1.807) is 0 Å². The quantitative estimate of drug-likeness (QED) is 0.483. The number of hydrogen-bond donors (Lipinski definition) is 3. The Morgan fingerprint density at radius 3 is 2.50 bits per heavy atom. The molecule has 3 aliphatic rings. The molecule has 166 valence electrons. The minimum Gasteiger partial charge on any atom is -0.392 e. The number of aliphatic hydroxyl groups excluding tert-OH is 2. The van der Waals surface area contributed by atoms with Crippen LogP contribution in [0.2, 0.25) is 0 Å². The van der Waals surface area contributed by atoms with E-state index in [4.69, 9.17) is 0 Å². The molecule has 6 nitrogen and oxygen atoms in total. The third kappa shape index (κ3) is 3.80. The number of nitrogens with one attached hydrogen (secondary N) is 1. The minimum absolute atomic E-state index is 0.0103. The monoisotopic (exact) mass is 417 g/mol. The standard InChI is InChI=1S/C24H35NO5/c1-13(2)9-18-22-15(4)16(12-26)11-17-10-14(3)5-6-19(27)20(28)7-8-21(29)24(17,22)23(30)25-18/h10-11,13,15,17-18,20,22,26,28H,5-9,12H2,1-4H3,(H,25,30)/b14-10-/t15-,17+,18+,20-,22+,24-/m1/s1. The molecule has 6 heteroatoms. The van der Waals surface area contributed by atoms with E-state index in [-0.39, 0.29) is 61.2 Å². The second kappa shape index (κ2) is 8.75. The van der Waals surface area contributed by atoms with Crippen LogP contribution in [0.15, 0.2) is 23.3 Å². The Morgan fingerprint density at radius 2 is 1.87 bits per heavy atom. The van der Waals surface area contributed by atoms with Crippen molar-refractivity contribution in [3.05, 3.63) is 23.3 Å². The van der Waals surface area contributed by atoms with E-state index in [0.29, 0.717) is 12.3 Å². The summed E-state index contributed by atoms with van der Waals surface area (Å²) in [5.74, 6) is -1.23. The molecule has 0 radical (unpaired) electrons. The van der Waals surface area contributed by atoms with E-state index in [9.17, 15) is 24.6 Å². The number of carbonyl (C=O) groups is 3. The zero-order valence-corrected chi connectivity index (χ0v) is 18.5. The minimum atomic E-state index is -1.26. The molecule has 1 saturated heterocycles. The van der Waals surface area contributed by atoms with Crippen molar-refractivity contribution in [1.82, 2.24) is 5.32 Å². The number of ketones is 2. The SMILES string of the molecule is C/C1=C/[C@H]2C=C(CO)[C@@H](C)[C@H]3[C@H](CC(C)C)NC(=O)[C@]32C(=O)CC[C@@H](O)C(=O)CC1. The predicted molar refractivity (Wildman–Crippen MR) is 113 cm³/mol. The number of amides is 1. The van der Waals surface area contributed by atoms with Crippen molar-refractivity contribution in [3.63, 3.8) is 0 Å². The average molecular weight is 418 g/mol. The third-order valence-corrected chi connectivity index (χ3v) is 7.31. The average Bonchev–Trinajstić information content (AvgIpc) is 2.97. The summed E-state index contributed by atoms with van der Waals surface area (Å²) in [5.41, 5.74) is 0.511. The predicted octanol–water partition coefficient (Wildman–Crippen LogP) is 2.34. The van der Waals surface area contributed by atoms with Gasteiger partial charge >= 0.3 is 0 Å². The molecule has 30 heavy (non-hydrogen) atoms. The molecule has 1 heterocycles. The molecule has 1 aliphatic heterocycles. The molecule has 1 spiro atoms. The molecule has 0 unspecified atom stereocenters. The Hall–Kier alpha value is -1.79. The van der Waals surface area contributed by atoms with E-state index in [1.165, 1.54) is 0 Å². The number of rotatable bonds is 3. The van der Waals surface area contributed by atoms with Crippen LogP contribution in [0.4, 0.5) is 0 Å². The Labute approximate surface area is 178 Å². The van der Waals surface area contributed by atoms with Crippen molar-refractivity contribution < 1.29 is 24.6 Å². The Bertz CT molecular complexity index is 782. The molecule has 3 rings (SSSR count). The van der Waals surface area contributed by atoms with Gasteiger partial charge in [0.25, 0.3) is 0 Å². The van der Waals surface area contributed by atoms with Gasteiger partial charge in [0, 0.05) is 30.7 Å². The summed E-state index contributed by atoms with van der Waals surface area (Å²) in [6.07, 6.45) is 4.16. The van der Waals surface area contributed by atoms with Gasteiger partial charge < -0.3 is 15.5 Å². The van der Waals surface area contributed by atoms with Gasteiger partial charge in [0.15, 0.2) is 5.78 Å². The van der Waals surface area contributed by atoms with E-state index in [2.05, 4.69) is 19.2 Å². The molecule has 0 aromatic carbocycles. The Balaban J connectivity index is 2.18. The first-order valence-electron chi connectivity index (χ1n) is 11.2. The van der Waals surface area contributed by atoms with E-state index in [1.807, 2.05) is 26.0 Å². The van der Waals surface area contributed by atoms with Crippen molar-refractivity contribution in [2.45, 2.75) is 71.9 Å². The second-order valence-electron chi connectivity index (χ2n) is 9.78. The van der Waals surface area contributed by atoms with Gasteiger partial charge in [-0.3, -0.25) is 14.4 Å². The number of Topliss-reactive ketones (excluding diaryl/α,β-unsaturated/α-hetero) is 2. The molecule has 6 atom stereocenters. The maximum Gasteiger partial charge on any atom is 0.235 e. The van der Waals surface area contributed by atoms with Gasteiger partial charge in [0.1, 0.15) is 17.3 Å². The van der Waals surface area contributed by atoms with Gasteiger partial charge in [0.05, 0.1) is 6.61 Å². The van der Waals surface area contributed by atoms with Crippen molar-refractivity contribution in [2.75, 3.05) is 6.61 Å². The lowest BCUT2D eigenvalue weighted by molar-refractivity contribution is -0.145. The van der Waals surface area contributed by atoms with Crippen LogP contribution < -0.4 is 5.32 Å². The number of allylic oxidation sites excluding steroid dienone is 3. The summed E-state index contributed by atoms with van der Waals surface area (Å²) in [6, 6.07) is -0.153. The lowest BCUT2D eigenvalue weighted by atomic mass is 9.54. The van der Waals surface area contributed by atoms with Crippen LogP contribution in [0.1, 0.15) is 59.8 Å². The first-order valence-corrected chi connectivity index (χ1v) is 11.2. The van der Waals surface area contributed by atoms with Gasteiger partial charge in [-0.1, -0.05) is 38.5 Å². The van der Waals surface area contributed by atoms with Crippen molar-refractivity contribution in [3.8, 4) is 0 Å². The molecule has 0 aromatic heterocycles. The fourth-order valence-corrected chi connectivity index (χ4v) is 5.81. The first-order chi connectivity index (χ1) is 14.1. The van der Waals surface area contributed by atoms with E-state index < -0.39 is 17.4 Å². The summed E-state index contributed by atoms with van der Waals surface area (Å²) in [4.78, 5) is 39.5. The largest absolute Gasteiger partial charge is 0.392 e. The lowest BCUT2D eigenvalue weighted by Gasteiger charge is -2.45. The van der Waals surface area contributed by atoms with Crippen LogP contribution in [0, 0.1) is 29.1 Å². The topological polar surface area (TPSA) is 104 Å². The highest BCUT2D eigenvalue weighted by atomic mass is 16.3. The molecule has 2 aliphatic carbocycles. The number of aliphatic hydroxyl groups is 2. The summed E-state index contributed by atoms with van der Waals surface area (Å²) in [7, 11) is 0. The molecule has 1 fully saturated rings. The highest BCUT2D eigenvalue weighted by Gasteiger charge is 2.65. The third-order valence-electron chi connectivity index (χ3n) is 7.31. The van der Waals surface area contributed by atoms with Gasteiger partial charge in [-0.15, -0.1) is 0 Å². The zero-order chi connectivity index (χ0) is 22.2. The number of hydrogen-bond acceptors (Lipinski definition) is 5. The lowest BCUT2D eigenvalue weighted by Crippen LogP contribution is -2.53. The van der Waals surface area contributed by atoms with Crippen molar-refractivity contribution in [1.29, 1.82) is 0 Å². The van der Waals surface area contributed by atoms with Crippen LogP contribution in [0.3, 0.4) is 0 Å². The fraction of sp³-hybridized carbons (Fsp3) is 0.708. The maximum absolute atomic E-state index is 13.7. The summed E-state index contributed by atoms with van der Waals surface area (Å²) < 4.78 is 0. The van der Waals surface area contributed by atoms with Crippen LogP contribution in [0.25, 0.3) is 0 Å². The molecule has 1 amide bonds. The Morgan fingerprint density at radius 1 is 1.17 bits per heavy atom. The molecule has 3 N–H and O–H groups in total. The van der Waals surface area contributed by atoms with Gasteiger partial charge in [-0.05, 0) is 43.6 Å².